The van der Waals surface area contributed by atoms with Crippen LogP contribution in [0.5, 0.6) is 0 Å². The minimum absolute atomic E-state index is 0.0939. The van der Waals surface area contributed by atoms with E-state index in [0.717, 1.165) is 0 Å². The number of pyridine rings is 1. The topological polar surface area (TPSA) is 84.3 Å². The van der Waals surface area contributed by atoms with Crippen molar-refractivity contribution in [2.45, 2.75) is 0 Å². The first-order chi connectivity index (χ1) is 9.11. The van der Waals surface area contributed by atoms with Crippen LogP contribution in [0.4, 0.5) is 0 Å². The number of carboxylic acid groups (broad SMARTS) is 1. The molecular formula is C14H7NO4. The number of fused-ring (bicyclic) bond motifs is 2. The van der Waals surface area contributed by atoms with E-state index in [1.807, 2.05) is 0 Å². The van der Waals surface area contributed by atoms with Crippen molar-refractivity contribution in [3.8, 4) is 0 Å². The van der Waals surface area contributed by atoms with Gasteiger partial charge in [-0.15, -0.1) is 0 Å². The van der Waals surface area contributed by atoms with E-state index >= 15 is 0 Å². The summed E-state index contributed by atoms with van der Waals surface area (Å²) < 4.78 is 0. The first-order valence-electron chi connectivity index (χ1n) is 5.52. The normalized spacial score (nSPS) is 12.8. The van der Waals surface area contributed by atoms with Crippen LogP contribution < -0.4 is 0 Å². The summed E-state index contributed by atoms with van der Waals surface area (Å²) in [6.07, 6.45) is 1.22. The quantitative estimate of drug-likeness (QED) is 0.711. The van der Waals surface area contributed by atoms with E-state index in [-0.39, 0.29) is 27.9 Å². The molecule has 0 amide bonds. The van der Waals surface area contributed by atoms with Crippen molar-refractivity contribution < 1.29 is 19.5 Å². The molecule has 0 unspecified atom stereocenters. The van der Waals surface area contributed by atoms with Gasteiger partial charge in [-0.05, 0) is 6.07 Å². The third-order valence-electron chi connectivity index (χ3n) is 3.04. The molecule has 1 aromatic carbocycles. The molecule has 0 bridgehead atoms. The maximum Gasteiger partial charge on any atom is 0.336 e. The van der Waals surface area contributed by atoms with Crippen molar-refractivity contribution in [1.29, 1.82) is 0 Å². The average Bonchev–Trinajstić information content (AvgIpc) is 2.44. The zero-order valence-corrected chi connectivity index (χ0v) is 9.58. The molecule has 5 nitrogen and oxygen atoms in total. The van der Waals surface area contributed by atoms with Gasteiger partial charge in [-0.25, -0.2) is 4.79 Å². The zero-order chi connectivity index (χ0) is 13.6. The fraction of sp³-hybridized carbons (Fsp3) is 0. The molecule has 1 aromatic heterocycles. The third-order valence-corrected chi connectivity index (χ3v) is 3.04. The van der Waals surface area contributed by atoms with E-state index in [2.05, 4.69) is 4.98 Å². The zero-order valence-electron chi connectivity index (χ0n) is 9.58. The molecule has 3 rings (SSSR count). The maximum absolute atomic E-state index is 12.3. The number of ketones is 2. The molecule has 0 spiro atoms. The summed E-state index contributed by atoms with van der Waals surface area (Å²) in [4.78, 5) is 39.5. The van der Waals surface area contributed by atoms with Crippen LogP contribution in [0.15, 0.2) is 36.5 Å². The molecular weight excluding hydrogens is 246 g/mol. The molecule has 92 valence electrons. The number of nitrogens with zero attached hydrogens (tertiary/aromatic N) is 1. The van der Waals surface area contributed by atoms with Gasteiger partial charge in [-0.3, -0.25) is 14.6 Å². The number of carbonyl (C=O) groups excluding carboxylic acids is 2. The number of carboxylic acids is 1. The summed E-state index contributed by atoms with van der Waals surface area (Å²) in [5.74, 6) is -2.15. The van der Waals surface area contributed by atoms with Gasteiger partial charge in [0.2, 0.25) is 5.78 Å². The second-order valence-electron chi connectivity index (χ2n) is 4.09. The molecule has 0 fully saturated rings. The Balaban J connectivity index is 2.36. The van der Waals surface area contributed by atoms with E-state index in [1.165, 1.54) is 24.4 Å². The number of benzene rings is 1. The lowest BCUT2D eigenvalue weighted by atomic mass is 9.85. The second-order valence-corrected chi connectivity index (χ2v) is 4.09. The van der Waals surface area contributed by atoms with E-state index in [9.17, 15) is 14.4 Å². The maximum atomic E-state index is 12.3. The lowest BCUT2D eigenvalue weighted by molar-refractivity contribution is 0.0692. The van der Waals surface area contributed by atoms with E-state index in [4.69, 9.17) is 5.11 Å². The van der Waals surface area contributed by atoms with Crippen molar-refractivity contribution in [2.75, 3.05) is 0 Å². The minimum Gasteiger partial charge on any atom is -0.478 e. The van der Waals surface area contributed by atoms with Crippen LogP contribution in [0.2, 0.25) is 0 Å². The Hall–Kier alpha value is -2.82. The Morgan fingerprint density at radius 2 is 1.63 bits per heavy atom. The monoisotopic (exact) mass is 253 g/mol. The van der Waals surface area contributed by atoms with Crippen LogP contribution in [0.25, 0.3) is 0 Å². The Morgan fingerprint density at radius 1 is 1.00 bits per heavy atom. The SMILES string of the molecule is O=C(O)c1ccnc2c1C(=O)c1ccccc1C2=O. The molecule has 5 heteroatoms. The Bertz CT molecular complexity index is 749. The van der Waals surface area contributed by atoms with Gasteiger partial charge < -0.3 is 5.11 Å². The number of rotatable bonds is 1. The highest BCUT2D eigenvalue weighted by atomic mass is 16.4. The third kappa shape index (κ3) is 1.48. The molecule has 0 aliphatic heterocycles. The van der Waals surface area contributed by atoms with Gasteiger partial charge in [0.25, 0.3) is 0 Å². The smallest absolute Gasteiger partial charge is 0.336 e. The molecule has 1 aliphatic rings. The van der Waals surface area contributed by atoms with Crippen LogP contribution >= 0.6 is 0 Å². The number of aromatic nitrogens is 1. The highest BCUT2D eigenvalue weighted by molar-refractivity contribution is 6.29. The number of aromatic carboxylic acids is 1. The van der Waals surface area contributed by atoms with Gasteiger partial charge in [0.1, 0.15) is 5.69 Å². The van der Waals surface area contributed by atoms with Crippen molar-refractivity contribution >= 4 is 17.5 Å². The minimum atomic E-state index is -1.25. The lowest BCUT2D eigenvalue weighted by Crippen LogP contribution is -2.25. The number of hydrogen-bond acceptors (Lipinski definition) is 4. The summed E-state index contributed by atoms with van der Waals surface area (Å²) in [6.45, 7) is 0. The fourth-order valence-electron chi connectivity index (χ4n) is 2.18. The first kappa shape index (κ1) is 11.3. The Labute approximate surface area is 107 Å². The highest BCUT2D eigenvalue weighted by Crippen LogP contribution is 2.27. The van der Waals surface area contributed by atoms with E-state index in [1.54, 1.807) is 12.1 Å². The number of hydrogen-bond donors (Lipinski definition) is 1. The van der Waals surface area contributed by atoms with E-state index < -0.39 is 17.5 Å². The van der Waals surface area contributed by atoms with Crippen LogP contribution in [0.3, 0.4) is 0 Å². The van der Waals surface area contributed by atoms with Crippen LogP contribution in [0, 0.1) is 0 Å². The molecule has 0 radical (unpaired) electrons. The average molecular weight is 253 g/mol. The molecule has 19 heavy (non-hydrogen) atoms. The van der Waals surface area contributed by atoms with Gasteiger partial charge >= 0.3 is 5.97 Å². The molecule has 0 atom stereocenters. The fourth-order valence-corrected chi connectivity index (χ4v) is 2.18. The second kappa shape index (κ2) is 3.84. The van der Waals surface area contributed by atoms with Gasteiger partial charge in [0.15, 0.2) is 5.78 Å². The van der Waals surface area contributed by atoms with E-state index in [0.29, 0.717) is 0 Å². The van der Waals surface area contributed by atoms with Gasteiger partial charge in [-0.1, -0.05) is 24.3 Å². The highest BCUT2D eigenvalue weighted by Gasteiger charge is 2.33. The summed E-state index contributed by atoms with van der Waals surface area (Å²) >= 11 is 0. The Kier molecular flexibility index (Phi) is 2.28. The van der Waals surface area contributed by atoms with Crippen LogP contribution in [0.1, 0.15) is 42.3 Å². The van der Waals surface area contributed by atoms with Crippen molar-refractivity contribution in [1.82, 2.24) is 4.98 Å². The van der Waals surface area contributed by atoms with Crippen LogP contribution in [-0.4, -0.2) is 27.6 Å². The predicted octanol–water partition coefficient (Wildman–Crippen LogP) is 1.56. The molecule has 0 saturated heterocycles. The first-order valence-corrected chi connectivity index (χ1v) is 5.52. The summed E-state index contributed by atoms with van der Waals surface area (Å²) in [5, 5.41) is 9.10. The molecule has 0 saturated carbocycles. The van der Waals surface area contributed by atoms with Gasteiger partial charge in [0, 0.05) is 17.3 Å². The molecule has 2 aromatic rings. The predicted molar refractivity (Wildman–Crippen MR) is 64.5 cm³/mol. The van der Waals surface area contributed by atoms with Crippen molar-refractivity contribution in [3.63, 3.8) is 0 Å². The van der Waals surface area contributed by atoms with Crippen molar-refractivity contribution in [2.24, 2.45) is 0 Å². The van der Waals surface area contributed by atoms with Gasteiger partial charge in [-0.2, -0.15) is 0 Å². The van der Waals surface area contributed by atoms with Gasteiger partial charge in [0.05, 0.1) is 11.1 Å². The Morgan fingerprint density at radius 3 is 2.26 bits per heavy atom. The molecule has 1 heterocycles. The largest absolute Gasteiger partial charge is 0.478 e. The molecule has 1 N–H and O–H groups in total. The standard InChI is InChI=1S/C14H7NO4/c16-12-7-3-1-2-4-8(7)13(17)11-10(12)9(14(18)19)5-6-15-11/h1-6H,(H,18,19). The summed E-state index contributed by atoms with van der Waals surface area (Å²) in [7, 11) is 0. The molecule has 1 aliphatic carbocycles. The van der Waals surface area contributed by atoms with Crippen LogP contribution in [-0.2, 0) is 0 Å². The summed E-state index contributed by atoms with van der Waals surface area (Å²) in [5.41, 5.74) is 0.0608. The number of carbonyl (C=O) groups is 3. The summed E-state index contributed by atoms with van der Waals surface area (Å²) in [6, 6.07) is 7.55. The van der Waals surface area contributed by atoms with Crippen molar-refractivity contribution in [3.05, 3.63) is 64.5 Å². The lowest BCUT2D eigenvalue weighted by Gasteiger charge is -2.17.